The van der Waals surface area contributed by atoms with E-state index >= 15 is 0 Å². The van der Waals surface area contributed by atoms with E-state index in [9.17, 15) is 9.59 Å². The van der Waals surface area contributed by atoms with Crippen LogP contribution in [0.1, 0.15) is 32.3 Å². The quantitative estimate of drug-likeness (QED) is 0.847. The SMILES string of the molecule is CC(C)Oc1cccc(/C=C\C(=O)N2CCC[C@@H](C(N)=O)C2)c1. The van der Waals surface area contributed by atoms with Crippen molar-refractivity contribution in [2.45, 2.75) is 32.8 Å². The molecule has 124 valence electrons. The van der Waals surface area contributed by atoms with Crippen molar-refractivity contribution in [3.8, 4) is 5.75 Å². The van der Waals surface area contributed by atoms with Crippen LogP contribution >= 0.6 is 0 Å². The van der Waals surface area contributed by atoms with Gasteiger partial charge in [0.25, 0.3) is 0 Å². The Balaban J connectivity index is 1.99. The smallest absolute Gasteiger partial charge is 0.246 e. The van der Waals surface area contributed by atoms with E-state index in [4.69, 9.17) is 10.5 Å². The third-order valence-electron chi connectivity index (χ3n) is 3.78. The molecule has 0 aromatic heterocycles. The molecule has 1 saturated heterocycles. The third kappa shape index (κ3) is 5.13. The van der Waals surface area contributed by atoms with E-state index in [0.29, 0.717) is 13.1 Å². The molecule has 23 heavy (non-hydrogen) atoms. The molecule has 2 N–H and O–H groups in total. The Bertz CT molecular complexity index is 596. The number of carbonyl (C=O) groups is 2. The van der Waals surface area contributed by atoms with Crippen molar-refractivity contribution in [1.82, 2.24) is 4.90 Å². The predicted octanol–water partition coefficient (Wildman–Crippen LogP) is 2.21. The number of benzene rings is 1. The number of nitrogens with zero attached hydrogens (tertiary/aromatic N) is 1. The Labute approximate surface area is 137 Å². The van der Waals surface area contributed by atoms with Crippen LogP contribution in [0.4, 0.5) is 0 Å². The van der Waals surface area contributed by atoms with Gasteiger partial charge in [0, 0.05) is 19.2 Å². The van der Waals surface area contributed by atoms with Crippen LogP contribution in [-0.2, 0) is 9.59 Å². The number of likely N-dealkylation sites (tertiary alicyclic amines) is 1. The number of hydrogen-bond donors (Lipinski definition) is 1. The molecule has 1 fully saturated rings. The zero-order valence-corrected chi connectivity index (χ0v) is 13.7. The zero-order chi connectivity index (χ0) is 16.8. The molecule has 0 spiro atoms. The maximum atomic E-state index is 12.3. The number of carbonyl (C=O) groups excluding carboxylic acids is 2. The first-order valence-electron chi connectivity index (χ1n) is 7.98. The fourth-order valence-corrected chi connectivity index (χ4v) is 2.65. The molecule has 0 unspecified atom stereocenters. The Kier molecular flexibility index (Phi) is 5.79. The molecular weight excluding hydrogens is 292 g/mol. The molecule has 5 nitrogen and oxygen atoms in total. The van der Waals surface area contributed by atoms with Crippen molar-refractivity contribution in [3.63, 3.8) is 0 Å². The summed E-state index contributed by atoms with van der Waals surface area (Å²) in [5.74, 6) is 0.126. The van der Waals surface area contributed by atoms with Crippen LogP contribution in [0, 0.1) is 5.92 Å². The summed E-state index contributed by atoms with van der Waals surface area (Å²) in [5.41, 5.74) is 6.24. The van der Waals surface area contributed by atoms with Crippen LogP contribution in [0.15, 0.2) is 30.3 Å². The number of primary amides is 1. The van der Waals surface area contributed by atoms with Crippen LogP contribution in [0.5, 0.6) is 5.75 Å². The fourth-order valence-electron chi connectivity index (χ4n) is 2.65. The number of piperidine rings is 1. The molecule has 1 heterocycles. The van der Waals surface area contributed by atoms with Gasteiger partial charge in [-0.2, -0.15) is 0 Å². The molecule has 0 radical (unpaired) electrons. The van der Waals surface area contributed by atoms with Crippen LogP contribution in [0.2, 0.25) is 0 Å². The highest BCUT2D eigenvalue weighted by Crippen LogP contribution is 2.18. The predicted molar refractivity (Wildman–Crippen MR) is 89.7 cm³/mol. The van der Waals surface area contributed by atoms with Gasteiger partial charge >= 0.3 is 0 Å². The van der Waals surface area contributed by atoms with Gasteiger partial charge in [0.15, 0.2) is 0 Å². The Morgan fingerprint density at radius 3 is 2.87 bits per heavy atom. The number of ether oxygens (including phenoxy) is 1. The highest BCUT2D eigenvalue weighted by Gasteiger charge is 2.25. The molecule has 0 saturated carbocycles. The van der Waals surface area contributed by atoms with Crippen molar-refractivity contribution in [1.29, 1.82) is 0 Å². The van der Waals surface area contributed by atoms with Gasteiger partial charge in [0.2, 0.25) is 11.8 Å². The highest BCUT2D eigenvalue weighted by molar-refractivity contribution is 5.92. The minimum absolute atomic E-state index is 0.0915. The van der Waals surface area contributed by atoms with E-state index in [-0.39, 0.29) is 23.8 Å². The lowest BCUT2D eigenvalue weighted by Gasteiger charge is -2.30. The standard InChI is InChI=1S/C18H24N2O3/c1-13(2)23-16-7-3-5-14(11-16)8-9-17(21)20-10-4-6-15(12-20)18(19)22/h3,5,7-9,11,13,15H,4,6,10,12H2,1-2H3,(H2,19,22)/b9-8-/t15-/m1/s1. The van der Waals surface area contributed by atoms with Gasteiger partial charge in [0.05, 0.1) is 12.0 Å². The van der Waals surface area contributed by atoms with Gasteiger partial charge in [-0.3, -0.25) is 9.59 Å². The van der Waals surface area contributed by atoms with E-state index in [2.05, 4.69) is 0 Å². The van der Waals surface area contributed by atoms with Gasteiger partial charge in [-0.15, -0.1) is 0 Å². The number of rotatable bonds is 5. The third-order valence-corrected chi connectivity index (χ3v) is 3.78. The summed E-state index contributed by atoms with van der Waals surface area (Å²) in [7, 11) is 0. The van der Waals surface area contributed by atoms with Gasteiger partial charge in [-0.25, -0.2) is 0 Å². The van der Waals surface area contributed by atoms with Gasteiger partial charge in [0.1, 0.15) is 5.75 Å². The maximum Gasteiger partial charge on any atom is 0.246 e. The van der Waals surface area contributed by atoms with E-state index < -0.39 is 0 Å². The lowest BCUT2D eigenvalue weighted by Crippen LogP contribution is -2.43. The Morgan fingerprint density at radius 1 is 1.39 bits per heavy atom. The van der Waals surface area contributed by atoms with Crippen molar-refractivity contribution < 1.29 is 14.3 Å². The molecule has 2 rings (SSSR count). The Hall–Kier alpha value is -2.30. The Morgan fingerprint density at radius 2 is 2.17 bits per heavy atom. The normalized spacial score (nSPS) is 18.4. The lowest BCUT2D eigenvalue weighted by atomic mass is 9.97. The second-order valence-electron chi connectivity index (χ2n) is 6.10. The molecule has 0 aliphatic carbocycles. The van der Waals surface area contributed by atoms with E-state index in [1.165, 1.54) is 6.08 Å². The first kappa shape index (κ1) is 17.1. The van der Waals surface area contributed by atoms with Gasteiger partial charge in [-0.1, -0.05) is 12.1 Å². The second-order valence-corrected chi connectivity index (χ2v) is 6.10. The molecule has 1 atom stereocenters. The fraction of sp³-hybridized carbons (Fsp3) is 0.444. The summed E-state index contributed by atoms with van der Waals surface area (Å²) < 4.78 is 5.64. The van der Waals surface area contributed by atoms with Gasteiger partial charge < -0.3 is 15.4 Å². The van der Waals surface area contributed by atoms with Crippen molar-refractivity contribution >= 4 is 17.9 Å². The molecule has 0 bridgehead atoms. The molecule has 2 amide bonds. The lowest BCUT2D eigenvalue weighted by molar-refractivity contribution is -0.130. The molecule has 5 heteroatoms. The minimum atomic E-state index is -0.329. The molecule has 1 aliphatic heterocycles. The molecule has 1 aliphatic rings. The molecule has 1 aromatic carbocycles. The first-order chi connectivity index (χ1) is 11.0. The summed E-state index contributed by atoms with van der Waals surface area (Å²) in [6, 6.07) is 7.60. The summed E-state index contributed by atoms with van der Waals surface area (Å²) in [5, 5.41) is 0. The monoisotopic (exact) mass is 316 g/mol. The maximum absolute atomic E-state index is 12.3. The van der Waals surface area contributed by atoms with E-state index in [1.807, 2.05) is 38.1 Å². The van der Waals surface area contributed by atoms with E-state index in [0.717, 1.165) is 24.2 Å². The molecular formula is C18H24N2O3. The van der Waals surface area contributed by atoms with E-state index in [1.54, 1.807) is 11.0 Å². The summed E-state index contributed by atoms with van der Waals surface area (Å²) in [4.78, 5) is 25.2. The average Bonchev–Trinajstić information content (AvgIpc) is 2.52. The average molecular weight is 316 g/mol. The van der Waals surface area contributed by atoms with Crippen LogP contribution in [0.3, 0.4) is 0 Å². The topological polar surface area (TPSA) is 72.6 Å². The summed E-state index contributed by atoms with van der Waals surface area (Å²) in [6.07, 6.45) is 4.98. The van der Waals surface area contributed by atoms with Gasteiger partial charge in [-0.05, 0) is 50.5 Å². The van der Waals surface area contributed by atoms with Crippen LogP contribution in [0.25, 0.3) is 6.08 Å². The first-order valence-corrected chi connectivity index (χ1v) is 7.98. The highest BCUT2D eigenvalue weighted by atomic mass is 16.5. The largest absolute Gasteiger partial charge is 0.491 e. The summed E-state index contributed by atoms with van der Waals surface area (Å²) in [6.45, 7) is 5.02. The van der Waals surface area contributed by atoms with Crippen LogP contribution < -0.4 is 10.5 Å². The molecule has 1 aromatic rings. The second kappa shape index (κ2) is 7.81. The van der Waals surface area contributed by atoms with Crippen molar-refractivity contribution in [3.05, 3.63) is 35.9 Å². The van der Waals surface area contributed by atoms with Crippen molar-refractivity contribution in [2.24, 2.45) is 11.7 Å². The zero-order valence-electron chi connectivity index (χ0n) is 13.7. The summed E-state index contributed by atoms with van der Waals surface area (Å²) >= 11 is 0. The minimum Gasteiger partial charge on any atom is -0.491 e. The number of amides is 2. The van der Waals surface area contributed by atoms with Crippen molar-refractivity contribution in [2.75, 3.05) is 13.1 Å². The van der Waals surface area contributed by atoms with Crippen LogP contribution in [-0.4, -0.2) is 35.9 Å². The number of hydrogen-bond acceptors (Lipinski definition) is 3. The number of nitrogens with two attached hydrogens (primary N) is 1.